The fraction of sp³-hybridized carbons (Fsp3) is 0.714. The van der Waals surface area contributed by atoms with Crippen LogP contribution in [0.4, 0.5) is 0 Å². The number of hydrogen-bond acceptors (Lipinski definition) is 2. The van der Waals surface area contributed by atoms with Crippen LogP contribution < -0.4 is 0 Å². The highest BCUT2D eigenvalue weighted by molar-refractivity contribution is 14.1. The minimum Gasteiger partial charge on any atom is -0.396 e. The van der Waals surface area contributed by atoms with Crippen LogP contribution in [0.25, 0.3) is 0 Å². The van der Waals surface area contributed by atoms with Gasteiger partial charge in [0, 0.05) is 53.6 Å². The van der Waals surface area contributed by atoms with Crippen molar-refractivity contribution in [2.45, 2.75) is 0 Å². The molecule has 0 aromatic heterocycles. The van der Waals surface area contributed by atoms with Crippen LogP contribution in [0.15, 0.2) is 0 Å². The molecule has 1 aliphatic carbocycles. The van der Waals surface area contributed by atoms with Crippen LogP contribution in [0.2, 0.25) is 0 Å². The lowest BCUT2D eigenvalue weighted by molar-refractivity contribution is 0.232. The van der Waals surface area contributed by atoms with E-state index in [4.69, 9.17) is 10.2 Å². The van der Waals surface area contributed by atoms with E-state index >= 15 is 0 Å². The number of halogens is 1. The minimum atomic E-state index is 0.154. The molecule has 2 nitrogen and oxygen atoms in total. The van der Waals surface area contributed by atoms with E-state index in [1.807, 2.05) is 22.6 Å². The Morgan fingerprint density at radius 1 is 1.20 bits per heavy atom. The summed E-state index contributed by atoms with van der Waals surface area (Å²) >= 11 is 1.97. The summed E-state index contributed by atoms with van der Waals surface area (Å²) < 4.78 is 2.76. The van der Waals surface area contributed by atoms with Crippen molar-refractivity contribution in [1.29, 1.82) is 0 Å². The van der Waals surface area contributed by atoms with Crippen molar-refractivity contribution in [3.63, 3.8) is 0 Å². The molecule has 0 heterocycles. The second-order valence-electron chi connectivity index (χ2n) is 2.46. The number of hydrogen-bond donors (Lipinski definition) is 2. The molecular formula is C7H9IO2. The third-order valence-electron chi connectivity index (χ3n) is 1.97. The molecule has 1 unspecified atom stereocenters. The van der Waals surface area contributed by atoms with Gasteiger partial charge in [0.05, 0.1) is 0 Å². The topological polar surface area (TPSA) is 40.5 Å². The molecular weight excluding hydrogens is 243 g/mol. The molecule has 0 spiro atoms. The van der Waals surface area contributed by atoms with E-state index in [-0.39, 0.29) is 31.0 Å². The van der Waals surface area contributed by atoms with E-state index in [1.54, 1.807) is 0 Å². The number of aliphatic hydroxyl groups is 2. The van der Waals surface area contributed by atoms with Gasteiger partial charge in [0.15, 0.2) is 0 Å². The van der Waals surface area contributed by atoms with E-state index in [2.05, 4.69) is 9.85 Å². The summed E-state index contributed by atoms with van der Waals surface area (Å²) in [6.07, 6.45) is 0. The van der Waals surface area contributed by atoms with Gasteiger partial charge in [0.2, 0.25) is 0 Å². The van der Waals surface area contributed by atoms with E-state index in [0.29, 0.717) is 0 Å². The first-order valence-electron chi connectivity index (χ1n) is 3.18. The molecule has 56 valence electrons. The maximum Gasteiger partial charge on any atom is 0.0475 e. The Labute approximate surface area is 73.8 Å². The Bertz CT molecular complexity index is 160. The molecule has 10 heavy (non-hydrogen) atoms. The summed E-state index contributed by atoms with van der Waals surface area (Å²) in [5.41, 5.74) is 0. The first kappa shape index (κ1) is 8.31. The third kappa shape index (κ3) is 1.44. The maximum atomic E-state index is 8.72. The Morgan fingerprint density at radius 2 is 1.70 bits per heavy atom. The smallest absolute Gasteiger partial charge is 0.0475 e. The zero-order chi connectivity index (χ0) is 7.56. The zero-order valence-electron chi connectivity index (χ0n) is 5.42. The van der Waals surface area contributed by atoms with E-state index in [1.165, 1.54) is 0 Å². The monoisotopic (exact) mass is 252 g/mol. The summed E-state index contributed by atoms with van der Waals surface area (Å²) in [4.78, 5) is 0. The predicted molar refractivity (Wildman–Crippen MR) is 46.4 cm³/mol. The average Bonchev–Trinajstić information content (AvgIpc) is 2.62. The van der Waals surface area contributed by atoms with Gasteiger partial charge in [-0.25, -0.2) is 0 Å². The summed E-state index contributed by atoms with van der Waals surface area (Å²) in [5, 5.41) is 17.4. The molecule has 0 aromatic rings. The zero-order valence-corrected chi connectivity index (χ0v) is 7.58. The molecule has 3 heteroatoms. The van der Waals surface area contributed by atoms with Crippen molar-refractivity contribution in [3.05, 3.63) is 0 Å². The highest BCUT2D eigenvalue weighted by atomic mass is 127. The van der Waals surface area contributed by atoms with Gasteiger partial charge >= 0.3 is 0 Å². The van der Waals surface area contributed by atoms with Crippen molar-refractivity contribution >= 4 is 22.6 Å². The summed E-state index contributed by atoms with van der Waals surface area (Å²) in [5.74, 6) is 3.64. The average molecular weight is 252 g/mol. The number of aliphatic hydroxyl groups excluding tert-OH is 2. The summed E-state index contributed by atoms with van der Waals surface area (Å²) in [6, 6.07) is 0. The van der Waals surface area contributed by atoms with Crippen molar-refractivity contribution in [3.8, 4) is 9.85 Å². The van der Waals surface area contributed by atoms with Crippen LogP contribution >= 0.6 is 22.6 Å². The molecule has 0 saturated heterocycles. The SMILES string of the molecule is OC[C@@H]1C(C#CI)[C@@H]1CO. The Balaban J connectivity index is 2.41. The van der Waals surface area contributed by atoms with Crippen LogP contribution in [0, 0.1) is 27.6 Å². The van der Waals surface area contributed by atoms with E-state index < -0.39 is 0 Å². The minimum absolute atomic E-state index is 0.154. The van der Waals surface area contributed by atoms with Gasteiger partial charge in [0.25, 0.3) is 0 Å². The first-order chi connectivity index (χ1) is 4.85. The van der Waals surface area contributed by atoms with E-state index in [0.717, 1.165) is 0 Å². The van der Waals surface area contributed by atoms with Gasteiger partial charge in [-0.1, -0.05) is 5.92 Å². The van der Waals surface area contributed by atoms with Gasteiger partial charge in [-0.15, -0.1) is 0 Å². The van der Waals surface area contributed by atoms with Gasteiger partial charge in [0.1, 0.15) is 0 Å². The van der Waals surface area contributed by atoms with Crippen molar-refractivity contribution in [1.82, 2.24) is 0 Å². The van der Waals surface area contributed by atoms with Crippen LogP contribution in [0.1, 0.15) is 0 Å². The number of rotatable bonds is 2. The summed E-state index contributed by atoms with van der Waals surface area (Å²) in [6.45, 7) is 0.308. The van der Waals surface area contributed by atoms with Crippen molar-refractivity contribution in [2.24, 2.45) is 17.8 Å². The molecule has 0 radical (unpaired) electrons. The molecule has 2 N–H and O–H groups in total. The summed E-state index contributed by atoms with van der Waals surface area (Å²) in [7, 11) is 0. The molecule has 1 rings (SSSR count). The Morgan fingerprint density at radius 3 is 2.00 bits per heavy atom. The molecule has 0 aliphatic heterocycles. The maximum absolute atomic E-state index is 8.72. The lowest BCUT2D eigenvalue weighted by Gasteiger charge is -1.84. The van der Waals surface area contributed by atoms with Crippen molar-refractivity contribution < 1.29 is 10.2 Å². The normalized spacial score (nSPS) is 36.5. The fourth-order valence-electron chi connectivity index (χ4n) is 1.22. The Hall–Kier alpha value is 0.210. The Kier molecular flexibility index (Phi) is 2.96. The standard InChI is InChI=1S/C7H9IO2/c8-2-1-5-6(3-9)7(5)4-10/h5-7,9-10H,3-4H2/t5?,6-,7+. The van der Waals surface area contributed by atoms with Crippen LogP contribution in [-0.4, -0.2) is 23.4 Å². The molecule has 1 saturated carbocycles. The largest absolute Gasteiger partial charge is 0.396 e. The first-order valence-corrected chi connectivity index (χ1v) is 4.26. The fourth-order valence-corrected chi connectivity index (χ4v) is 1.58. The second-order valence-corrected chi connectivity index (χ2v) is 3.00. The highest BCUT2D eigenvalue weighted by Crippen LogP contribution is 2.44. The molecule has 1 aliphatic rings. The lowest BCUT2D eigenvalue weighted by atomic mass is 10.3. The predicted octanol–water partition coefficient (Wildman–Crippen LogP) is 0.229. The second kappa shape index (κ2) is 3.56. The van der Waals surface area contributed by atoms with Gasteiger partial charge in [-0.05, 0) is 3.93 Å². The quantitative estimate of drug-likeness (QED) is 0.545. The van der Waals surface area contributed by atoms with Crippen LogP contribution in [0.3, 0.4) is 0 Å². The third-order valence-corrected chi connectivity index (χ3v) is 2.29. The van der Waals surface area contributed by atoms with Crippen LogP contribution in [-0.2, 0) is 0 Å². The lowest BCUT2D eigenvalue weighted by Crippen LogP contribution is -1.91. The van der Waals surface area contributed by atoms with Gasteiger partial charge in [-0.3, -0.25) is 0 Å². The van der Waals surface area contributed by atoms with E-state index in [9.17, 15) is 0 Å². The molecule has 0 bridgehead atoms. The van der Waals surface area contributed by atoms with Gasteiger partial charge < -0.3 is 10.2 Å². The molecule has 0 amide bonds. The molecule has 0 aromatic carbocycles. The molecule has 1 fully saturated rings. The van der Waals surface area contributed by atoms with Crippen molar-refractivity contribution in [2.75, 3.05) is 13.2 Å². The van der Waals surface area contributed by atoms with Crippen LogP contribution in [0.5, 0.6) is 0 Å². The molecule has 3 atom stereocenters. The van der Waals surface area contributed by atoms with Gasteiger partial charge in [-0.2, -0.15) is 0 Å². The highest BCUT2D eigenvalue weighted by Gasteiger charge is 2.48.